The second-order valence-electron chi connectivity index (χ2n) is 9.01. The number of benzene rings is 2. The Labute approximate surface area is 206 Å². The van der Waals surface area contributed by atoms with Gasteiger partial charge in [0.1, 0.15) is 11.5 Å². The van der Waals surface area contributed by atoms with Crippen LogP contribution in [0.15, 0.2) is 60.3 Å². The van der Waals surface area contributed by atoms with Crippen molar-refractivity contribution in [2.45, 2.75) is 39.8 Å². The predicted molar refractivity (Wildman–Crippen MR) is 137 cm³/mol. The summed E-state index contributed by atoms with van der Waals surface area (Å²) in [5.74, 6) is -0.795. The van der Waals surface area contributed by atoms with Crippen molar-refractivity contribution in [3.05, 3.63) is 71.4 Å². The number of aromatic nitrogens is 1. The smallest absolute Gasteiger partial charge is 0.295 e. The summed E-state index contributed by atoms with van der Waals surface area (Å²) in [5.41, 5.74) is 2.17. The summed E-state index contributed by atoms with van der Waals surface area (Å²) in [6.45, 7) is 10.7. The first kappa shape index (κ1) is 24.5. The number of rotatable bonds is 9. The Hall–Kier alpha value is -3.58. The van der Waals surface area contributed by atoms with Gasteiger partial charge in [0.15, 0.2) is 0 Å². The Morgan fingerprint density at radius 2 is 1.86 bits per heavy atom. The molecule has 1 amide bonds. The van der Waals surface area contributed by atoms with Gasteiger partial charge in [0.2, 0.25) is 0 Å². The van der Waals surface area contributed by atoms with Crippen LogP contribution in [0.2, 0.25) is 0 Å². The van der Waals surface area contributed by atoms with Gasteiger partial charge in [0, 0.05) is 35.8 Å². The Morgan fingerprint density at radius 3 is 2.57 bits per heavy atom. The fraction of sp³-hybridized carbons (Fsp3) is 0.357. The predicted octanol–water partition coefficient (Wildman–Crippen LogP) is 4.72. The first-order valence-corrected chi connectivity index (χ1v) is 12.2. The molecule has 7 heteroatoms. The van der Waals surface area contributed by atoms with E-state index < -0.39 is 17.7 Å². The van der Waals surface area contributed by atoms with Crippen molar-refractivity contribution in [1.29, 1.82) is 0 Å². The van der Waals surface area contributed by atoms with Gasteiger partial charge in [-0.15, -0.1) is 0 Å². The molecule has 2 N–H and O–H groups in total. The molecular weight excluding hydrogens is 442 g/mol. The molecule has 1 atom stereocenters. The van der Waals surface area contributed by atoms with Crippen LogP contribution >= 0.6 is 0 Å². The molecule has 1 saturated heterocycles. The summed E-state index contributed by atoms with van der Waals surface area (Å²) in [4.78, 5) is 33.5. The summed E-state index contributed by atoms with van der Waals surface area (Å²) in [6.07, 6.45) is 1.66. The SMILES string of the molecule is CCN(CC)CCN1C(=O)C(=O)/C(=C(\O)c2c[nH]c3ccccc23)C1c1cccc(OC(C)C)c1. The first-order chi connectivity index (χ1) is 16.8. The number of hydrogen-bond acceptors (Lipinski definition) is 5. The van der Waals surface area contributed by atoms with Gasteiger partial charge in [-0.3, -0.25) is 9.59 Å². The van der Waals surface area contributed by atoms with Crippen LogP contribution in [-0.4, -0.2) is 63.9 Å². The summed E-state index contributed by atoms with van der Waals surface area (Å²) < 4.78 is 5.88. The number of likely N-dealkylation sites (N-methyl/N-ethyl adjacent to an activating group) is 1. The Kier molecular flexibility index (Phi) is 7.26. The molecule has 1 aliphatic heterocycles. The summed E-state index contributed by atoms with van der Waals surface area (Å²) >= 11 is 0. The second kappa shape index (κ2) is 10.4. The molecule has 4 rings (SSSR count). The number of H-pyrrole nitrogens is 1. The lowest BCUT2D eigenvalue weighted by atomic mass is 9.95. The molecule has 2 aromatic carbocycles. The van der Waals surface area contributed by atoms with E-state index in [1.54, 1.807) is 11.1 Å². The summed E-state index contributed by atoms with van der Waals surface area (Å²) in [7, 11) is 0. The minimum atomic E-state index is -0.713. The molecule has 3 aromatic rings. The van der Waals surface area contributed by atoms with E-state index in [4.69, 9.17) is 4.74 Å². The number of para-hydroxylation sites is 1. The number of likely N-dealkylation sites (tertiary alicyclic amines) is 1. The first-order valence-electron chi connectivity index (χ1n) is 12.2. The van der Waals surface area contributed by atoms with Crippen LogP contribution in [-0.2, 0) is 9.59 Å². The largest absolute Gasteiger partial charge is 0.507 e. The molecule has 1 unspecified atom stereocenters. The van der Waals surface area contributed by atoms with Crippen LogP contribution in [0, 0.1) is 0 Å². The van der Waals surface area contributed by atoms with Gasteiger partial charge in [-0.1, -0.05) is 44.2 Å². The molecule has 7 nitrogen and oxygen atoms in total. The molecule has 35 heavy (non-hydrogen) atoms. The lowest BCUT2D eigenvalue weighted by molar-refractivity contribution is -0.140. The number of aliphatic hydroxyl groups is 1. The summed E-state index contributed by atoms with van der Waals surface area (Å²) in [5, 5.41) is 12.2. The fourth-order valence-electron chi connectivity index (χ4n) is 4.69. The van der Waals surface area contributed by atoms with Crippen LogP contribution in [0.5, 0.6) is 5.75 Å². The lowest BCUT2D eigenvalue weighted by Gasteiger charge is -2.28. The number of hydrogen-bond donors (Lipinski definition) is 2. The number of nitrogens with one attached hydrogen (secondary N) is 1. The Bertz CT molecular complexity index is 1260. The number of Topliss-reactive ketones (excluding diaryl/α,β-unsaturated/α-hetero) is 1. The van der Waals surface area contributed by atoms with E-state index in [-0.39, 0.29) is 17.4 Å². The van der Waals surface area contributed by atoms with E-state index in [1.165, 1.54) is 0 Å². The number of ketones is 1. The maximum atomic E-state index is 13.4. The van der Waals surface area contributed by atoms with Crippen LogP contribution in [0.1, 0.15) is 44.9 Å². The average Bonchev–Trinajstić information content (AvgIpc) is 3.38. The highest BCUT2D eigenvalue weighted by Gasteiger charge is 2.46. The van der Waals surface area contributed by atoms with Gasteiger partial charge in [0.25, 0.3) is 11.7 Å². The number of nitrogens with zero attached hydrogens (tertiary/aromatic N) is 2. The van der Waals surface area contributed by atoms with Crippen molar-refractivity contribution < 1.29 is 19.4 Å². The van der Waals surface area contributed by atoms with Crippen molar-refractivity contribution >= 4 is 28.4 Å². The van der Waals surface area contributed by atoms with Crippen molar-refractivity contribution in [1.82, 2.24) is 14.8 Å². The highest BCUT2D eigenvalue weighted by atomic mass is 16.5. The van der Waals surface area contributed by atoms with Crippen LogP contribution in [0.25, 0.3) is 16.7 Å². The van der Waals surface area contributed by atoms with Gasteiger partial charge in [-0.05, 0) is 50.7 Å². The molecule has 1 aromatic heterocycles. The zero-order valence-electron chi connectivity index (χ0n) is 20.7. The maximum absolute atomic E-state index is 13.4. The molecule has 0 bridgehead atoms. The molecule has 1 fully saturated rings. The lowest BCUT2D eigenvalue weighted by Crippen LogP contribution is -2.38. The molecular formula is C28H33N3O4. The van der Waals surface area contributed by atoms with E-state index in [0.717, 1.165) is 29.6 Å². The van der Waals surface area contributed by atoms with E-state index in [9.17, 15) is 14.7 Å². The van der Waals surface area contributed by atoms with Crippen LogP contribution < -0.4 is 4.74 Å². The Morgan fingerprint density at radius 1 is 1.11 bits per heavy atom. The molecule has 0 saturated carbocycles. The Balaban J connectivity index is 1.84. The molecule has 0 spiro atoms. The second-order valence-corrected chi connectivity index (χ2v) is 9.01. The zero-order chi connectivity index (χ0) is 25.1. The highest BCUT2D eigenvalue weighted by molar-refractivity contribution is 6.46. The summed E-state index contributed by atoms with van der Waals surface area (Å²) in [6, 6.07) is 14.3. The third kappa shape index (κ3) is 4.82. The third-order valence-corrected chi connectivity index (χ3v) is 6.48. The van der Waals surface area contributed by atoms with E-state index in [2.05, 4.69) is 23.7 Å². The molecule has 0 radical (unpaired) electrons. The highest BCUT2D eigenvalue weighted by Crippen LogP contribution is 2.41. The third-order valence-electron chi connectivity index (χ3n) is 6.48. The number of fused-ring (bicyclic) bond motifs is 1. The van der Waals surface area contributed by atoms with Gasteiger partial charge < -0.3 is 24.6 Å². The topological polar surface area (TPSA) is 85.9 Å². The minimum absolute atomic E-state index is 0.0227. The molecule has 184 valence electrons. The number of aromatic amines is 1. The fourth-order valence-corrected chi connectivity index (χ4v) is 4.69. The quantitative estimate of drug-likeness (QED) is 0.266. The van der Waals surface area contributed by atoms with Crippen LogP contribution in [0.4, 0.5) is 0 Å². The van der Waals surface area contributed by atoms with Gasteiger partial charge in [-0.25, -0.2) is 0 Å². The van der Waals surface area contributed by atoms with Gasteiger partial charge >= 0.3 is 0 Å². The zero-order valence-corrected chi connectivity index (χ0v) is 20.7. The van der Waals surface area contributed by atoms with E-state index in [0.29, 0.717) is 24.4 Å². The van der Waals surface area contributed by atoms with Crippen molar-refractivity contribution in [3.63, 3.8) is 0 Å². The normalized spacial score (nSPS) is 17.8. The van der Waals surface area contributed by atoms with E-state index in [1.807, 2.05) is 62.4 Å². The molecule has 0 aliphatic carbocycles. The van der Waals surface area contributed by atoms with Gasteiger partial charge in [0.05, 0.1) is 17.7 Å². The van der Waals surface area contributed by atoms with Crippen molar-refractivity contribution in [3.8, 4) is 5.75 Å². The number of carbonyl (C=O) groups excluding carboxylic acids is 2. The monoisotopic (exact) mass is 475 g/mol. The van der Waals surface area contributed by atoms with Crippen molar-refractivity contribution in [2.24, 2.45) is 0 Å². The maximum Gasteiger partial charge on any atom is 0.295 e. The number of ether oxygens (including phenoxy) is 1. The standard InChI is InChI=1S/C28H33N3O4/c1-5-30(6-2)14-15-31-25(19-10-9-11-20(16-19)35-18(3)4)24(27(33)28(31)34)26(32)22-17-29-23-13-8-7-12-21(22)23/h7-13,16-18,25,29,32H,5-6,14-15H2,1-4H3/b26-24-. The number of aliphatic hydroxyl groups excluding tert-OH is 1. The average molecular weight is 476 g/mol. The van der Waals surface area contributed by atoms with Gasteiger partial charge in [-0.2, -0.15) is 0 Å². The van der Waals surface area contributed by atoms with Crippen molar-refractivity contribution in [2.75, 3.05) is 26.2 Å². The number of carbonyl (C=O) groups is 2. The van der Waals surface area contributed by atoms with Crippen LogP contribution in [0.3, 0.4) is 0 Å². The number of amides is 1. The molecule has 2 heterocycles. The molecule has 1 aliphatic rings. The van der Waals surface area contributed by atoms with E-state index >= 15 is 0 Å². The minimum Gasteiger partial charge on any atom is -0.507 e.